The molecule has 21 heavy (non-hydrogen) atoms. The fourth-order valence-electron chi connectivity index (χ4n) is 3.06. The fourth-order valence-corrected chi connectivity index (χ4v) is 3.40. The first-order valence-electron chi connectivity index (χ1n) is 7.04. The summed E-state index contributed by atoms with van der Waals surface area (Å²) < 4.78 is 5.61. The van der Waals surface area contributed by atoms with E-state index >= 15 is 0 Å². The summed E-state index contributed by atoms with van der Waals surface area (Å²) in [4.78, 5) is 4.84. The van der Waals surface area contributed by atoms with E-state index in [2.05, 4.69) is 76.1 Å². The third-order valence-corrected chi connectivity index (χ3v) is 4.31. The number of para-hydroxylation sites is 1. The van der Waals surface area contributed by atoms with Crippen LogP contribution in [0.4, 0.5) is 0 Å². The van der Waals surface area contributed by atoms with Gasteiger partial charge in [-0.2, -0.15) is 0 Å². The van der Waals surface area contributed by atoms with Crippen molar-refractivity contribution in [2.24, 2.45) is 0 Å². The van der Waals surface area contributed by atoms with Gasteiger partial charge in [-0.05, 0) is 54.9 Å². The first-order valence-corrected chi connectivity index (χ1v) is 7.83. The predicted octanol–water partition coefficient (Wildman–Crippen LogP) is 4.96. The van der Waals surface area contributed by atoms with Crippen LogP contribution in [0.5, 0.6) is 0 Å². The molecule has 4 rings (SSSR count). The van der Waals surface area contributed by atoms with Crippen molar-refractivity contribution < 1.29 is 0 Å². The number of rotatable bonds is 0. The molecule has 0 bridgehead atoms. The van der Waals surface area contributed by atoms with Gasteiger partial charge in [-0.3, -0.25) is 4.40 Å². The number of pyridine rings is 1. The molecule has 0 aliphatic heterocycles. The number of benzene rings is 1. The van der Waals surface area contributed by atoms with Crippen molar-refractivity contribution in [2.45, 2.75) is 26.3 Å². The Bertz CT molecular complexity index is 986. The normalized spacial score (nSPS) is 12.8. The van der Waals surface area contributed by atoms with E-state index in [0.29, 0.717) is 0 Å². The van der Waals surface area contributed by atoms with Crippen LogP contribution in [0.25, 0.3) is 27.7 Å². The molecule has 0 amide bonds. The number of fused-ring (bicyclic) bond motifs is 5. The SMILES string of the molecule is CC(C)(C)n1c2ccccc2c2nc3ccc(Br)cn3c21. The van der Waals surface area contributed by atoms with Crippen LogP contribution >= 0.6 is 15.9 Å². The minimum atomic E-state index is -0.0143. The monoisotopic (exact) mass is 341 g/mol. The van der Waals surface area contributed by atoms with Crippen LogP contribution in [-0.4, -0.2) is 14.0 Å². The van der Waals surface area contributed by atoms with Gasteiger partial charge in [0.1, 0.15) is 16.8 Å². The van der Waals surface area contributed by atoms with Crippen molar-refractivity contribution >= 4 is 43.6 Å². The molecule has 3 heterocycles. The lowest BCUT2D eigenvalue weighted by Gasteiger charge is -2.23. The summed E-state index contributed by atoms with van der Waals surface area (Å²) in [5.74, 6) is 0. The minimum absolute atomic E-state index is 0.0143. The summed E-state index contributed by atoms with van der Waals surface area (Å²) >= 11 is 3.56. The smallest absolute Gasteiger partial charge is 0.146 e. The molecule has 4 aromatic rings. The molecule has 106 valence electrons. The van der Waals surface area contributed by atoms with E-state index in [1.54, 1.807) is 0 Å². The van der Waals surface area contributed by atoms with Crippen molar-refractivity contribution in [1.82, 2.24) is 14.0 Å². The lowest BCUT2D eigenvalue weighted by Crippen LogP contribution is -2.22. The third kappa shape index (κ3) is 1.75. The Morgan fingerprint density at radius 1 is 1.05 bits per heavy atom. The van der Waals surface area contributed by atoms with Crippen molar-refractivity contribution in [1.29, 1.82) is 0 Å². The molecule has 0 fully saturated rings. The van der Waals surface area contributed by atoms with Crippen molar-refractivity contribution in [3.63, 3.8) is 0 Å². The topological polar surface area (TPSA) is 22.2 Å². The highest BCUT2D eigenvalue weighted by molar-refractivity contribution is 9.10. The summed E-state index contributed by atoms with van der Waals surface area (Å²) in [6, 6.07) is 12.6. The molecular formula is C17H16BrN3. The maximum atomic E-state index is 4.84. The van der Waals surface area contributed by atoms with Crippen LogP contribution < -0.4 is 0 Å². The molecule has 0 saturated heterocycles. The largest absolute Gasteiger partial charge is 0.320 e. The maximum Gasteiger partial charge on any atom is 0.146 e. The van der Waals surface area contributed by atoms with Crippen LogP contribution in [-0.2, 0) is 5.54 Å². The molecule has 0 aliphatic carbocycles. The molecule has 4 heteroatoms. The standard InChI is InChI=1S/C17H16BrN3/c1-17(2,3)21-13-7-5-4-6-12(13)15-16(21)20-10-11(18)8-9-14(20)19-15/h4-10H,1-3H3. The first kappa shape index (κ1) is 12.9. The van der Waals surface area contributed by atoms with Gasteiger partial charge in [-0.1, -0.05) is 18.2 Å². The van der Waals surface area contributed by atoms with Gasteiger partial charge in [-0.25, -0.2) is 4.98 Å². The fraction of sp³-hybridized carbons (Fsp3) is 0.235. The average molecular weight is 342 g/mol. The third-order valence-electron chi connectivity index (χ3n) is 3.84. The van der Waals surface area contributed by atoms with Gasteiger partial charge in [0.2, 0.25) is 0 Å². The number of nitrogens with zero attached hydrogens (tertiary/aromatic N) is 3. The van der Waals surface area contributed by atoms with Crippen molar-refractivity contribution in [2.75, 3.05) is 0 Å². The van der Waals surface area contributed by atoms with E-state index in [-0.39, 0.29) is 5.54 Å². The highest BCUT2D eigenvalue weighted by Gasteiger charge is 2.23. The van der Waals surface area contributed by atoms with E-state index in [1.807, 2.05) is 12.1 Å². The number of hydrogen-bond donors (Lipinski definition) is 0. The summed E-state index contributed by atoms with van der Waals surface area (Å²) in [5.41, 5.74) is 4.42. The zero-order valence-corrected chi connectivity index (χ0v) is 13.8. The second-order valence-electron chi connectivity index (χ2n) is 6.38. The molecule has 0 radical (unpaired) electrons. The Morgan fingerprint density at radius 3 is 2.57 bits per heavy atom. The van der Waals surface area contributed by atoms with Crippen LogP contribution in [0.1, 0.15) is 20.8 Å². The van der Waals surface area contributed by atoms with Gasteiger partial charge in [-0.15, -0.1) is 0 Å². The van der Waals surface area contributed by atoms with E-state index in [9.17, 15) is 0 Å². The molecule has 0 atom stereocenters. The van der Waals surface area contributed by atoms with Gasteiger partial charge in [0.05, 0.1) is 5.52 Å². The molecule has 0 N–H and O–H groups in total. The molecular weight excluding hydrogens is 326 g/mol. The molecule has 0 unspecified atom stereocenters. The van der Waals surface area contributed by atoms with Gasteiger partial charge < -0.3 is 4.57 Å². The lowest BCUT2D eigenvalue weighted by atomic mass is 10.1. The highest BCUT2D eigenvalue weighted by Crippen LogP contribution is 2.34. The Labute approximate surface area is 131 Å². The minimum Gasteiger partial charge on any atom is -0.320 e. The number of halogens is 1. The van der Waals surface area contributed by atoms with E-state index in [1.165, 1.54) is 10.9 Å². The molecule has 3 aromatic heterocycles. The summed E-state index contributed by atoms with van der Waals surface area (Å²) in [6.45, 7) is 6.70. The first-order chi connectivity index (χ1) is 9.97. The Morgan fingerprint density at radius 2 is 1.81 bits per heavy atom. The van der Waals surface area contributed by atoms with Crippen LogP contribution in [0, 0.1) is 0 Å². The van der Waals surface area contributed by atoms with Crippen LogP contribution in [0.15, 0.2) is 47.1 Å². The van der Waals surface area contributed by atoms with Crippen molar-refractivity contribution in [3.05, 3.63) is 47.1 Å². The van der Waals surface area contributed by atoms with E-state index in [0.717, 1.165) is 21.3 Å². The van der Waals surface area contributed by atoms with Crippen LogP contribution in [0.3, 0.4) is 0 Å². The van der Waals surface area contributed by atoms with Gasteiger partial charge in [0, 0.05) is 21.6 Å². The molecule has 0 spiro atoms. The number of imidazole rings is 1. The summed E-state index contributed by atoms with van der Waals surface area (Å²) in [7, 11) is 0. The predicted molar refractivity (Wildman–Crippen MR) is 90.9 cm³/mol. The molecule has 0 aliphatic rings. The van der Waals surface area contributed by atoms with Crippen LogP contribution in [0.2, 0.25) is 0 Å². The Balaban J connectivity index is 2.34. The van der Waals surface area contributed by atoms with E-state index < -0.39 is 0 Å². The van der Waals surface area contributed by atoms with Gasteiger partial charge in [0.15, 0.2) is 0 Å². The second-order valence-corrected chi connectivity index (χ2v) is 7.30. The number of aromatic nitrogens is 3. The summed E-state index contributed by atoms with van der Waals surface area (Å²) in [6.07, 6.45) is 2.09. The highest BCUT2D eigenvalue weighted by atomic mass is 79.9. The zero-order chi connectivity index (χ0) is 14.8. The quantitative estimate of drug-likeness (QED) is 0.443. The summed E-state index contributed by atoms with van der Waals surface area (Å²) in [5, 5.41) is 1.21. The second kappa shape index (κ2) is 4.10. The number of hydrogen-bond acceptors (Lipinski definition) is 1. The molecule has 1 aromatic carbocycles. The molecule has 3 nitrogen and oxygen atoms in total. The van der Waals surface area contributed by atoms with Gasteiger partial charge >= 0.3 is 0 Å². The zero-order valence-electron chi connectivity index (χ0n) is 12.3. The Kier molecular flexibility index (Phi) is 2.52. The van der Waals surface area contributed by atoms with Crippen molar-refractivity contribution in [3.8, 4) is 0 Å². The van der Waals surface area contributed by atoms with Gasteiger partial charge in [0.25, 0.3) is 0 Å². The Hall–Kier alpha value is -1.81. The average Bonchev–Trinajstić information content (AvgIpc) is 2.92. The lowest BCUT2D eigenvalue weighted by molar-refractivity contribution is 0.420. The molecule has 0 saturated carbocycles. The maximum absolute atomic E-state index is 4.84. The van der Waals surface area contributed by atoms with E-state index in [4.69, 9.17) is 4.98 Å².